The Morgan fingerprint density at radius 3 is 2.94 bits per heavy atom. The molecule has 2 rings (SSSR count). The van der Waals surface area contributed by atoms with Crippen LogP contribution in [0.2, 0.25) is 0 Å². The van der Waals surface area contributed by atoms with Crippen LogP contribution >= 0.6 is 15.9 Å². The third kappa shape index (κ3) is 3.77. The van der Waals surface area contributed by atoms with Gasteiger partial charge in [0.25, 0.3) is 0 Å². The van der Waals surface area contributed by atoms with E-state index in [0.29, 0.717) is 6.04 Å². The Balaban J connectivity index is 2.03. The molecule has 100 valence electrons. The Kier molecular flexibility index (Phi) is 4.76. The van der Waals surface area contributed by atoms with Crippen molar-refractivity contribution in [2.75, 3.05) is 6.54 Å². The summed E-state index contributed by atoms with van der Waals surface area (Å²) in [5.41, 5.74) is 0.986. The van der Waals surface area contributed by atoms with Gasteiger partial charge in [-0.1, -0.05) is 15.9 Å². The fourth-order valence-electron chi connectivity index (χ4n) is 2.70. The Labute approximate surface area is 116 Å². The van der Waals surface area contributed by atoms with Crippen LogP contribution in [0.4, 0.5) is 4.39 Å². The lowest BCUT2D eigenvalue weighted by Crippen LogP contribution is -2.31. The predicted octanol–water partition coefficient (Wildman–Crippen LogP) is 3.32. The molecule has 1 aromatic rings. The summed E-state index contributed by atoms with van der Waals surface area (Å²) in [6.45, 7) is 3.62. The number of nitrogens with zero attached hydrogens (tertiary/aromatic N) is 1. The highest BCUT2D eigenvalue weighted by molar-refractivity contribution is 9.10. The highest BCUT2D eigenvalue weighted by atomic mass is 79.9. The van der Waals surface area contributed by atoms with Gasteiger partial charge in [0.1, 0.15) is 5.82 Å². The van der Waals surface area contributed by atoms with Gasteiger partial charge >= 0.3 is 0 Å². The first kappa shape index (κ1) is 14.0. The molecule has 2 atom stereocenters. The van der Waals surface area contributed by atoms with Gasteiger partial charge in [-0.15, -0.1) is 0 Å². The fourth-order valence-corrected chi connectivity index (χ4v) is 3.21. The van der Waals surface area contributed by atoms with Gasteiger partial charge in [0, 0.05) is 17.1 Å². The summed E-state index contributed by atoms with van der Waals surface area (Å²) in [6.07, 6.45) is 2.82. The predicted molar refractivity (Wildman–Crippen MR) is 73.8 cm³/mol. The van der Waals surface area contributed by atoms with Crippen molar-refractivity contribution in [3.63, 3.8) is 0 Å². The molecule has 1 aromatic carbocycles. The van der Waals surface area contributed by atoms with Crippen LogP contribution in [-0.4, -0.2) is 28.7 Å². The number of hydrogen-bond donors (Lipinski definition) is 1. The minimum absolute atomic E-state index is 0.203. The zero-order valence-corrected chi connectivity index (χ0v) is 12.2. The monoisotopic (exact) mass is 315 g/mol. The topological polar surface area (TPSA) is 23.5 Å². The normalized spacial score (nSPS) is 22.3. The van der Waals surface area contributed by atoms with E-state index in [9.17, 15) is 9.50 Å². The van der Waals surface area contributed by atoms with Gasteiger partial charge in [0.05, 0.1) is 6.10 Å². The SMILES string of the molecule is CC(O)CC1CCCN1Cc1cc(F)cc(Br)c1. The highest BCUT2D eigenvalue weighted by Gasteiger charge is 2.25. The molecule has 18 heavy (non-hydrogen) atoms. The number of halogens is 2. The minimum atomic E-state index is -0.269. The van der Waals surface area contributed by atoms with E-state index in [2.05, 4.69) is 20.8 Å². The van der Waals surface area contributed by atoms with Crippen LogP contribution < -0.4 is 0 Å². The molecule has 2 unspecified atom stereocenters. The van der Waals surface area contributed by atoms with Gasteiger partial charge in [-0.2, -0.15) is 0 Å². The molecule has 0 aliphatic carbocycles. The largest absolute Gasteiger partial charge is 0.393 e. The molecule has 1 aliphatic heterocycles. The van der Waals surface area contributed by atoms with Crippen LogP contribution in [0.1, 0.15) is 31.7 Å². The molecular formula is C14H19BrFNO. The molecule has 1 saturated heterocycles. The molecule has 4 heteroatoms. The van der Waals surface area contributed by atoms with Gasteiger partial charge in [-0.05, 0) is 56.5 Å². The second kappa shape index (κ2) is 6.13. The number of rotatable bonds is 4. The van der Waals surface area contributed by atoms with Crippen LogP contribution in [0.5, 0.6) is 0 Å². The number of likely N-dealkylation sites (tertiary alicyclic amines) is 1. The highest BCUT2D eigenvalue weighted by Crippen LogP contribution is 2.25. The summed E-state index contributed by atoms with van der Waals surface area (Å²) in [6, 6.07) is 5.44. The Morgan fingerprint density at radius 1 is 1.50 bits per heavy atom. The van der Waals surface area contributed by atoms with Crippen molar-refractivity contribution in [2.45, 2.75) is 44.9 Å². The van der Waals surface area contributed by atoms with E-state index in [4.69, 9.17) is 0 Å². The summed E-state index contributed by atoms with van der Waals surface area (Å²) >= 11 is 3.32. The van der Waals surface area contributed by atoms with E-state index < -0.39 is 0 Å². The van der Waals surface area contributed by atoms with Crippen molar-refractivity contribution in [1.29, 1.82) is 0 Å². The van der Waals surface area contributed by atoms with Crippen LogP contribution in [0, 0.1) is 5.82 Å². The third-order valence-electron chi connectivity index (χ3n) is 3.42. The van der Waals surface area contributed by atoms with E-state index in [1.54, 1.807) is 6.07 Å². The molecule has 0 amide bonds. The maximum absolute atomic E-state index is 13.3. The maximum Gasteiger partial charge on any atom is 0.124 e. The second-order valence-corrected chi connectivity index (χ2v) is 6.04. The lowest BCUT2D eigenvalue weighted by Gasteiger charge is -2.25. The number of aliphatic hydroxyl groups excluding tert-OH is 1. The van der Waals surface area contributed by atoms with E-state index in [0.717, 1.165) is 42.4 Å². The van der Waals surface area contributed by atoms with Gasteiger partial charge in [0.2, 0.25) is 0 Å². The van der Waals surface area contributed by atoms with Gasteiger partial charge < -0.3 is 5.11 Å². The zero-order valence-electron chi connectivity index (χ0n) is 10.6. The molecule has 0 radical (unpaired) electrons. The molecule has 0 bridgehead atoms. The van der Waals surface area contributed by atoms with Crippen LogP contribution in [-0.2, 0) is 6.54 Å². The van der Waals surface area contributed by atoms with Crippen molar-refractivity contribution in [3.8, 4) is 0 Å². The quantitative estimate of drug-likeness (QED) is 0.921. The van der Waals surface area contributed by atoms with Crippen molar-refractivity contribution in [1.82, 2.24) is 4.90 Å². The number of aliphatic hydroxyl groups is 1. The van der Waals surface area contributed by atoms with E-state index in [-0.39, 0.29) is 11.9 Å². The molecule has 0 spiro atoms. The van der Waals surface area contributed by atoms with E-state index in [1.807, 2.05) is 13.0 Å². The standard InChI is InChI=1S/C14H19BrFNO/c1-10(18)5-14-3-2-4-17(14)9-11-6-12(15)8-13(16)7-11/h6-8,10,14,18H,2-5,9H2,1H3. The summed E-state index contributed by atoms with van der Waals surface area (Å²) in [5.74, 6) is -0.203. The molecule has 0 saturated carbocycles. The lowest BCUT2D eigenvalue weighted by molar-refractivity contribution is 0.130. The maximum atomic E-state index is 13.3. The number of hydrogen-bond acceptors (Lipinski definition) is 2. The number of benzene rings is 1. The average molecular weight is 316 g/mol. The van der Waals surface area contributed by atoms with Crippen molar-refractivity contribution in [2.24, 2.45) is 0 Å². The molecule has 2 nitrogen and oxygen atoms in total. The first-order chi connectivity index (χ1) is 8.54. The summed E-state index contributed by atoms with van der Waals surface area (Å²) in [5, 5.41) is 9.49. The first-order valence-electron chi connectivity index (χ1n) is 6.41. The van der Waals surface area contributed by atoms with E-state index in [1.165, 1.54) is 6.07 Å². The molecule has 1 aliphatic rings. The smallest absolute Gasteiger partial charge is 0.124 e. The zero-order chi connectivity index (χ0) is 13.1. The van der Waals surface area contributed by atoms with E-state index >= 15 is 0 Å². The minimum Gasteiger partial charge on any atom is -0.393 e. The Hall–Kier alpha value is -0.450. The summed E-state index contributed by atoms with van der Waals surface area (Å²) in [4.78, 5) is 2.34. The van der Waals surface area contributed by atoms with Crippen LogP contribution in [0.3, 0.4) is 0 Å². The average Bonchev–Trinajstić information content (AvgIpc) is 2.63. The lowest BCUT2D eigenvalue weighted by atomic mass is 10.1. The molecule has 1 fully saturated rings. The van der Waals surface area contributed by atoms with Crippen molar-refractivity contribution >= 4 is 15.9 Å². The molecule has 1 heterocycles. The molecule has 0 aromatic heterocycles. The van der Waals surface area contributed by atoms with Crippen molar-refractivity contribution in [3.05, 3.63) is 34.1 Å². The van der Waals surface area contributed by atoms with Crippen LogP contribution in [0.25, 0.3) is 0 Å². The molecule has 1 N–H and O–H groups in total. The van der Waals surface area contributed by atoms with Gasteiger partial charge in [0.15, 0.2) is 0 Å². The third-order valence-corrected chi connectivity index (χ3v) is 3.88. The molecular weight excluding hydrogens is 297 g/mol. The second-order valence-electron chi connectivity index (χ2n) is 5.13. The van der Waals surface area contributed by atoms with Gasteiger partial charge in [-0.25, -0.2) is 4.39 Å². The Morgan fingerprint density at radius 2 is 2.28 bits per heavy atom. The Bertz CT molecular complexity index is 391. The summed E-state index contributed by atoms with van der Waals surface area (Å²) in [7, 11) is 0. The van der Waals surface area contributed by atoms with Crippen LogP contribution in [0.15, 0.2) is 22.7 Å². The summed E-state index contributed by atoms with van der Waals surface area (Å²) < 4.78 is 14.1. The van der Waals surface area contributed by atoms with Crippen molar-refractivity contribution < 1.29 is 9.50 Å². The van der Waals surface area contributed by atoms with Gasteiger partial charge in [-0.3, -0.25) is 4.90 Å². The first-order valence-corrected chi connectivity index (χ1v) is 7.21. The fraction of sp³-hybridized carbons (Fsp3) is 0.571.